The summed E-state index contributed by atoms with van der Waals surface area (Å²) < 4.78 is 37.8. The Hall–Kier alpha value is -2.39. The van der Waals surface area contributed by atoms with Gasteiger partial charge in [0.25, 0.3) is 5.91 Å². The summed E-state index contributed by atoms with van der Waals surface area (Å²) in [6, 6.07) is 4.94. The number of nitrogens with zero attached hydrogens (tertiary/aromatic N) is 3. The van der Waals surface area contributed by atoms with Crippen LogP contribution in [0.4, 0.5) is 0 Å². The lowest BCUT2D eigenvalue weighted by atomic mass is 10.1. The van der Waals surface area contributed by atoms with Gasteiger partial charge in [-0.05, 0) is 44.0 Å². The molecule has 2 heterocycles. The number of aromatic nitrogens is 1. The first-order valence-electron chi connectivity index (χ1n) is 8.62. The van der Waals surface area contributed by atoms with Crippen LogP contribution in [0.2, 0.25) is 0 Å². The molecule has 1 fully saturated rings. The van der Waals surface area contributed by atoms with Crippen LogP contribution in [-0.2, 0) is 10.0 Å². The van der Waals surface area contributed by atoms with Gasteiger partial charge < -0.3 is 14.2 Å². The number of ether oxygens (including phenoxy) is 1. The highest BCUT2D eigenvalue weighted by Crippen LogP contribution is 2.30. The average Bonchev–Trinajstić information content (AvgIpc) is 3.09. The predicted molar refractivity (Wildman–Crippen MR) is 98.4 cm³/mol. The van der Waals surface area contributed by atoms with Crippen LogP contribution in [0, 0.1) is 20.8 Å². The van der Waals surface area contributed by atoms with E-state index in [2.05, 4.69) is 5.16 Å². The maximum absolute atomic E-state index is 13.1. The lowest BCUT2D eigenvalue weighted by molar-refractivity contribution is 0.0687. The van der Waals surface area contributed by atoms with E-state index in [1.165, 1.54) is 11.4 Å². The molecule has 0 unspecified atom stereocenters. The molecule has 0 spiro atoms. The van der Waals surface area contributed by atoms with Gasteiger partial charge in [0.05, 0.1) is 7.11 Å². The Morgan fingerprint density at radius 3 is 2.26 bits per heavy atom. The zero-order chi connectivity index (χ0) is 19.8. The zero-order valence-electron chi connectivity index (χ0n) is 15.9. The van der Waals surface area contributed by atoms with Crippen molar-refractivity contribution in [1.29, 1.82) is 0 Å². The summed E-state index contributed by atoms with van der Waals surface area (Å²) in [4.78, 5) is 14.2. The minimum absolute atomic E-state index is 0.153. The first-order valence-corrected chi connectivity index (χ1v) is 10.1. The fraction of sp³-hybridized carbons (Fsp3) is 0.444. The number of benzene rings is 1. The molecule has 0 aliphatic carbocycles. The Morgan fingerprint density at radius 2 is 1.70 bits per heavy atom. The van der Waals surface area contributed by atoms with Crippen LogP contribution in [-0.4, -0.2) is 62.0 Å². The van der Waals surface area contributed by atoms with Gasteiger partial charge in [-0.1, -0.05) is 5.16 Å². The predicted octanol–water partition coefficient (Wildman–Crippen LogP) is 1.76. The van der Waals surface area contributed by atoms with Crippen molar-refractivity contribution in [3.63, 3.8) is 0 Å². The molecule has 0 bridgehead atoms. The SMILES string of the molecule is COc1cc(C)c(C)cc1S(=O)(=O)N1CCN(C(=O)c2cc(C)on2)CC1. The Kier molecular flexibility index (Phi) is 5.25. The largest absolute Gasteiger partial charge is 0.495 e. The highest BCUT2D eigenvalue weighted by atomic mass is 32.2. The van der Waals surface area contributed by atoms with Crippen molar-refractivity contribution < 1.29 is 22.5 Å². The number of hydrogen-bond acceptors (Lipinski definition) is 6. The molecular formula is C18H23N3O5S. The summed E-state index contributed by atoms with van der Waals surface area (Å²) >= 11 is 0. The van der Waals surface area contributed by atoms with Crippen molar-refractivity contribution in [2.75, 3.05) is 33.3 Å². The first-order chi connectivity index (χ1) is 12.7. The second kappa shape index (κ2) is 7.32. The van der Waals surface area contributed by atoms with Crippen LogP contribution in [0.15, 0.2) is 27.6 Å². The van der Waals surface area contributed by atoms with E-state index in [0.717, 1.165) is 11.1 Å². The fourth-order valence-electron chi connectivity index (χ4n) is 3.02. The second-order valence-corrected chi connectivity index (χ2v) is 8.51. The third kappa shape index (κ3) is 3.70. The van der Waals surface area contributed by atoms with E-state index in [9.17, 15) is 13.2 Å². The van der Waals surface area contributed by atoms with E-state index < -0.39 is 10.0 Å². The van der Waals surface area contributed by atoms with Gasteiger partial charge in [0, 0.05) is 32.2 Å². The van der Waals surface area contributed by atoms with Crippen LogP contribution in [0.1, 0.15) is 27.4 Å². The lowest BCUT2D eigenvalue weighted by Crippen LogP contribution is -2.50. The number of hydrogen-bond donors (Lipinski definition) is 0. The molecule has 0 N–H and O–H groups in total. The van der Waals surface area contributed by atoms with E-state index >= 15 is 0 Å². The van der Waals surface area contributed by atoms with E-state index in [-0.39, 0.29) is 42.7 Å². The van der Waals surface area contributed by atoms with Gasteiger partial charge in [-0.2, -0.15) is 4.31 Å². The van der Waals surface area contributed by atoms with Gasteiger partial charge in [-0.3, -0.25) is 4.79 Å². The number of sulfonamides is 1. The molecule has 1 saturated heterocycles. The van der Waals surface area contributed by atoms with Gasteiger partial charge in [-0.25, -0.2) is 8.42 Å². The van der Waals surface area contributed by atoms with Crippen molar-refractivity contribution in [3.8, 4) is 5.75 Å². The summed E-state index contributed by atoms with van der Waals surface area (Å²) in [5.74, 6) is 0.628. The summed E-state index contributed by atoms with van der Waals surface area (Å²) in [5, 5.41) is 3.73. The quantitative estimate of drug-likeness (QED) is 0.786. The third-order valence-electron chi connectivity index (χ3n) is 4.77. The monoisotopic (exact) mass is 393 g/mol. The van der Waals surface area contributed by atoms with Crippen LogP contribution in [0.5, 0.6) is 5.75 Å². The van der Waals surface area contributed by atoms with Crippen molar-refractivity contribution in [2.24, 2.45) is 0 Å². The van der Waals surface area contributed by atoms with Crippen molar-refractivity contribution in [3.05, 3.63) is 40.8 Å². The highest BCUT2D eigenvalue weighted by Gasteiger charge is 2.33. The molecule has 146 valence electrons. The maximum atomic E-state index is 13.1. The van der Waals surface area contributed by atoms with Gasteiger partial charge in [0.2, 0.25) is 10.0 Å². The Balaban J connectivity index is 1.77. The highest BCUT2D eigenvalue weighted by molar-refractivity contribution is 7.89. The first kappa shape index (κ1) is 19.4. The molecule has 1 aromatic heterocycles. The summed E-state index contributed by atoms with van der Waals surface area (Å²) in [5.41, 5.74) is 2.08. The summed E-state index contributed by atoms with van der Waals surface area (Å²) in [7, 11) is -2.26. The van der Waals surface area contributed by atoms with E-state index in [1.807, 2.05) is 13.8 Å². The topological polar surface area (TPSA) is 93.0 Å². The lowest BCUT2D eigenvalue weighted by Gasteiger charge is -2.33. The molecule has 1 amide bonds. The number of rotatable bonds is 4. The molecule has 1 aliphatic rings. The Bertz CT molecular complexity index is 959. The summed E-state index contributed by atoms with van der Waals surface area (Å²) in [6.45, 7) is 6.48. The van der Waals surface area contributed by atoms with Gasteiger partial charge >= 0.3 is 0 Å². The van der Waals surface area contributed by atoms with Crippen LogP contribution in [0.3, 0.4) is 0 Å². The van der Waals surface area contributed by atoms with E-state index in [1.54, 1.807) is 30.0 Å². The average molecular weight is 393 g/mol. The minimum atomic E-state index is -3.72. The van der Waals surface area contributed by atoms with Crippen LogP contribution < -0.4 is 4.74 Å². The minimum Gasteiger partial charge on any atom is -0.495 e. The fourth-order valence-corrected chi connectivity index (χ4v) is 4.67. The molecule has 0 radical (unpaired) electrons. The molecule has 1 aliphatic heterocycles. The molecular weight excluding hydrogens is 370 g/mol. The van der Waals surface area contributed by atoms with Gasteiger partial charge in [0.15, 0.2) is 5.69 Å². The molecule has 27 heavy (non-hydrogen) atoms. The molecule has 3 rings (SSSR count). The van der Waals surface area contributed by atoms with E-state index in [4.69, 9.17) is 9.26 Å². The van der Waals surface area contributed by atoms with Crippen molar-refractivity contribution in [1.82, 2.24) is 14.4 Å². The third-order valence-corrected chi connectivity index (χ3v) is 6.69. The number of methoxy groups -OCH3 is 1. The standard InChI is InChI=1S/C18H23N3O5S/c1-12-9-16(25-4)17(10-13(12)2)27(23,24)21-7-5-20(6-8-21)18(22)15-11-14(3)26-19-15/h9-11H,5-8H2,1-4H3. The molecule has 8 nitrogen and oxygen atoms in total. The number of piperazine rings is 1. The van der Waals surface area contributed by atoms with Gasteiger partial charge in [-0.15, -0.1) is 0 Å². The zero-order valence-corrected chi connectivity index (χ0v) is 16.7. The van der Waals surface area contributed by atoms with Gasteiger partial charge in [0.1, 0.15) is 16.4 Å². The molecule has 1 aromatic carbocycles. The molecule has 2 aromatic rings. The van der Waals surface area contributed by atoms with Crippen LogP contribution >= 0.6 is 0 Å². The Morgan fingerprint density at radius 1 is 1.07 bits per heavy atom. The van der Waals surface area contributed by atoms with Crippen LogP contribution in [0.25, 0.3) is 0 Å². The molecule has 9 heteroatoms. The number of carbonyl (C=O) groups is 1. The van der Waals surface area contributed by atoms with Crippen molar-refractivity contribution in [2.45, 2.75) is 25.7 Å². The smallest absolute Gasteiger partial charge is 0.276 e. The Labute approximate surface area is 158 Å². The van der Waals surface area contributed by atoms with Crippen molar-refractivity contribution >= 4 is 15.9 Å². The number of aryl methyl sites for hydroxylation is 3. The van der Waals surface area contributed by atoms with E-state index in [0.29, 0.717) is 11.5 Å². The molecule has 0 atom stereocenters. The number of carbonyl (C=O) groups excluding carboxylic acids is 1. The maximum Gasteiger partial charge on any atom is 0.276 e. The number of amides is 1. The summed E-state index contributed by atoms with van der Waals surface area (Å²) in [6.07, 6.45) is 0. The second-order valence-electron chi connectivity index (χ2n) is 6.61. The normalized spacial score (nSPS) is 15.8. The molecule has 0 saturated carbocycles.